The van der Waals surface area contributed by atoms with Crippen LogP contribution >= 0.6 is 0 Å². The molecular weight excluding hydrogens is 134 g/mol. The van der Waals surface area contributed by atoms with Gasteiger partial charge >= 0.3 is 0 Å². The van der Waals surface area contributed by atoms with Crippen LogP contribution in [0.25, 0.3) is 0 Å². The smallest absolute Gasteiger partial charge is 0.0122 e. The highest BCUT2D eigenvalue weighted by atomic mass is 14.7. The lowest BCUT2D eigenvalue weighted by molar-refractivity contribution is 0.264. The van der Waals surface area contributed by atoms with Crippen molar-refractivity contribution in [2.24, 2.45) is 17.1 Å². The van der Waals surface area contributed by atoms with Gasteiger partial charge in [0, 0.05) is 6.04 Å². The van der Waals surface area contributed by atoms with Gasteiger partial charge in [-0.25, -0.2) is 0 Å². The van der Waals surface area contributed by atoms with E-state index in [0.717, 1.165) is 12.3 Å². The maximum absolute atomic E-state index is 6.10. The molecule has 1 rings (SSSR count). The number of hydrogen-bond donors (Lipinski definition) is 1. The van der Waals surface area contributed by atoms with E-state index in [0.29, 0.717) is 6.04 Å². The third kappa shape index (κ3) is 2.06. The van der Waals surface area contributed by atoms with Crippen LogP contribution in [0.15, 0.2) is 12.7 Å². The molecular formula is C10H19N. The minimum absolute atomic E-state index is 0.253. The van der Waals surface area contributed by atoms with Crippen LogP contribution in [-0.2, 0) is 0 Å². The Bertz CT molecular complexity index is 145. The summed E-state index contributed by atoms with van der Waals surface area (Å²) >= 11 is 0. The van der Waals surface area contributed by atoms with E-state index >= 15 is 0 Å². The molecule has 0 radical (unpaired) electrons. The lowest BCUT2D eigenvalue weighted by atomic mass is 9.79. The van der Waals surface area contributed by atoms with Crippen molar-refractivity contribution in [1.29, 1.82) is 0 Å². The zero-order valence-electron chi connectivity index (χ0n) is 7.64. The number of hydrogen-bond acceptors (Lipinski definition) is 1. The second-order valence-corrected chi connectivity index (χ2v) is 4.34. The first-order valence-electron chi connectivity index (χ1n) is 4.44. The number of nitrogens with two attached hydrogens (primary N) is 1. The van der Waals surface area contributed by atoms with Crippen LogP contribution in [0.4, 0.5) is 0 Å². The minimum atomic E-state index is 0.253. The Morgan fingerprint density at radius 1 is 1.64 bits per heavy atom. The quantitative estimate of drug-likeness (QED) is 0.616. The minimum Gasteiger partial charge on any atom is -0.327 e. The Labute approximate surface area is 69.7 Å². The molecule has 0 aromatic carbocycles. The molecule has 1 heteroatoms. The van der Waals surface area contributed by atoms with E-state index in [1.165, 1.54) is 12.8 Å². The Balaban J connectivity index is 2.46. The van der Waals surface area contributed by atoms with Gasteiger partial charge in [-0.15, -0.1) is 6.58 Å². The SMILES string of the molecule is C=CCC(C)(C)C(N)C1CC1. The zero-order chi connectivity index (χ0) is 8.48. The predicted octanol–water partition coefficient (Wildman–Crippen LogP) is 2.33. The molecule has 1 atom stereocenters. The molecule has 1 saturated carbocycles. The van der Waals surface area contributed by atoms with Gasteiger partial charge in [-0.3, -0.25) is 0 Å². The summed E-state index contributed by atoms with van der Waals surface area (Å²) in [5.74, 6) is 0.796. The first-order chi connectivity index (χ1) is 5.08. The normalized spacial score (nSPS) is 21.4. The summed E-state index contributed by atoms with van der Waals surface area (Å²) in [5, 5.41) is 0. The molecule has 1 aliphatic rings. The average Bonchev–Trinajstić information content (AvgIpc) is 2.67. The van der Waals surface area contributed by atoms with Crippen LogP contribution in [0.5, 0.6) is 0 Å². The highest BCUT2D eigenvalue weighted by Gasteiger charge is 2.37. The Morgan fingerprint density at radius 3 is 2.55 bits per heavy atom. The van der Waals surface area contributed by atoms with Crippen LogP contribution in [0.1, 0.15) is 33.1 Å². The Hall–Kier alpha value is -0.300. The van der Waals surface area contributed by atoms with Gasteiger partial charge in [0.15, 0.2) is 0 Å². The van der Waals surface area contributed by atoms with Crippen LogP contribution in [0.2, 0.25) is 0 Å². The fraction of sp³-hybridized carbons (Fsp3) is 0.800. The molecule has 1 aliphatic carbocycles. The topological polar surface area (TPSA) is 26.0 Å². The summed E-state index contributed by atoms with van der Waals surface area (Å²) in [6, 6.07) is 0.375. The van der Waals surface area contributed by atoms with Crippen LogP contribution in [0.3, 0.4) is 0 Å². The van der Waals surface area contributed by atoms with Gasteiger partial charge in [-0.1, -0.05) is 19.9 Å². The predicted molar refractivity (Wildman–Crippen MR) is 49.3 cm³/mol. The first kappa shape index (κ1) is 8.79. The molecule has 0 aromatic heterocycles. The standard InChI is InChI=1S/C10H19N/c1-4-7-10(2,3)9(11)8-5-6-8/h4,8-9H,1,5-7,11H2,2-3H3. The van der Waals surface area contributed by atoms with Gasteiger partial charge in [0.1, 0.15) is 0 Å². The number of rotatable bonds is 4. The van der Waals surface area contributed by atoms with E-state index in [-0.39, 0.29) is 5.41 Å². The van der Waals surface area contributed by atoms with Gasteiger partial charge in [0.05, 0.1) is 0 Å². The van der Waals surface area contributed by atoms with E-state index in [2.05, 4.69) is 20.4 Å². The molecule has 0 bridgehead atoms. The molecule has 2 N–H and O–H groups in total. The molecule has 0 amide bonds. The second kappa shape index (κ2) is 2.98. The summed E-state index contributed by atoms with van der Waals surface area (Å²) in [5.41, 5.74) is 6.35. The second-order valence-electron chi connectivity index (χ2n) is 4.34. The summed E-state index contributed by atoms with van der Waals surface area (Å²) < 4.78 is 0. The fourth-order valence-electron chi connectivity index (χ4n) is 1.60. The van der Waals surface area contributed by atoms with Crippen molar-refractivity contribution >= 4 is 0 Å². The van der Waals surface area contributed by atoms with E-state index in [4.69, 9.17) is 5.73 Å². The fourth-order valence-corrected chi connectivity index (χ4v) is 1.60. The first-order valence-corrected chi connectivity index (χ1v) is 4.44. The molecule has 0 aromatic rings. The van der Waals surface area contributed by atoms with Crippen molar-refractivity contribution in [3.8, 4) is 0 Å². The highest BCUT2D eigenvalue weighted by Crippen LogP contribution is 2.40. The van der Waals surface area contributed by atoms with Crippen molar-refractivity contribution < 1.29 is 0 Å². The van der Waals surface area contributed by atoms with Gasteiger partial charge in [-0.2, -0.15) is 0 Å². The van der Waals surface area contributed by atoms with Crippen molar-refractivity contribution in [3.05, 3.63) is 12.7 Å². The molecule has 0 aliphatic heterocycles. The third-order valence-corrected chi connectivity index (χ3v) is 2.70. The highest BCUT2D eigenvalue weighted by molar-refractivity contribution is 4.95. The molecule has 1 fully saturated rings. The van der Waals surface area contributed by atoms with Gasteiger partial charge in [0.25, 0.3) is 0 Å². The summed E-state index contributed by atoms with van der Waals surface area (Å²) in [6.07, 6.45) is 5.68. The molecule has 0 heterocycles. The summed E-state index contributed by atoms with van der Waals surface area (Å²) in [4.78, 5) is 0. The Kier molecular flexibility index (Phi) is 2.38. The van der Waals surface area contributed by atoms with E-state index in [1.807, 2.05) is 6.08 Å². The van der Waals surface area contributed by atoms with Gasteiger partial charge in [-0.05, 0) is 30.6 Å². The van der Waals surface area contributed by atoms with Gasteiger partial charge < -0.3 is 5.73 Å². The molecule has 0 spiro atoms. The summed E-state index contributed by atoms with van der Waals surface area (Å²) in [7, 11) is 0. The van der Waals surface area contributed by atoms with Crippen molar-refractivity contribution in [2.75, 3.05) is 0 Å². The average molecular weight is 153 g/mol. The van der Waals surface area contributed by atoms with Gasteiger partial charge in [0.2, 0.25) is 0 Å². The number of allylic oxidation sites excluding steroid dienone is 1. The molecule has 1 unspecified atom stereocenters. The van der Waals surface area contributed by atoms with E-state index < -0.39 is 0 Å². The van der Waals surface area contributed by atoms with Crippen molar-refractivity contribution in [1.82, 2.24) is 0 Å². The summed E-state index contributed by atoms with van der Waals surface area (Å²) in [6.45, 7) is 8.22. The molecule has 64 valence electrons. The van der Waals surface area contributed by atoms with Crippen molar-refractivity contribution in [3.63, 3.8) is 0 Å². The Morgan fingerprint density at radius 2 is 2.18 bits per heavy atom. The van der Waals surface area contributed by atoms with E-state index in [9.17, 15) is 0 Å². The largest absolute Gasteiger partial charge is 0.327 e. The molecule has 0 saturated heterocycles. The third-order valence-electron chi connectivity index (χ3n) is 2.70. The van der Waals surface area contributed by atoms with Crippen LogP contribution in [0, 0.1) is 11.3 Å². The van der Waals surface area contributed by atoms with Crippen molar-refractivity contribution in [2.45, 2.75) is 39.2 Å². The molecule has 1 nitrogen and oxygen atoms in total. The zero-order valence-corrected chi connectivity index (χ0v) is 7.64. The maximum atomic E-state index is 6.10. The van der Waals surface area contributed by atoms with Crippen LogP contribution < -0.4 is 5.73 Å². The molecule has 11 heavy (non-hydrogen) atoms. The van der Waals surface area contributed by atoms with Crippen LogP contribution in [-0.4, -0.2) is 6.04 Å². The monoisotopic (exact) mass is 153 g/mol. The lowest BCUT2D eigenvalue weighted by Crippen LogP contribution is -2.38. The lowest BCUT2D eigenvalue weighted by Gasteiger charge is -2.30. The van der Waals surface area contributed by atoms with E-state index in [1.54, 1.807) is 0 Å². The maximum Gasteiger partial charge on any atom is 0.0122 e.